The SMILES string of the molecule is Cc1nc2ccccn2c1C(=O)N1CCN(CCO)CC1. The Bertz CT molecular complexity index is 644. The Kier molecular flexibility index (Phi) is 3.90. The molecule has 2 aromatic heterocycles. The molecule has 6 heteroatoms. The van der Waals surface area contributed by atoms with Crippen LogP contribution in [-0.2, 0) is 0 Å². The van der Waals surface area contributed by atoms with E-state index < -0.39 is 0 Å². The van der Waals surface area contributed by atoms with Crippen LogP contribution in [0.4, 0.5) is 0 Å². The number of hydrogen-bond acceptors (Lipinski definition) is 4. The van der Waals surface area contributed by atoms with Crippen LogP contribution in [0.15, 0.2) is 24.4 Å². The van der Waals surface area contributed by atoms with Crippen molar-refractivity contribution in [1.82, 2.24) is 19.2 Å². The second kappa shape index (κ2) is 5.83. The van der Waals surface area contributed by atoms with Gasteiger partial charge >= 0.3 is 0 Å². The van der Waals surface area contributed by atoms with E-state index in [1.54, 1.807) is 0 Å². The zero-order chi connectivity index (χ0) is 14.8. The van der Waals surface area contributed by atoms with Crippen LogP contribution < -0.4 is 0 Å². The number of hydrogen-bond donors (Lipinski definition) is 1. The summed E-state index contributed by atoms with van der Waals surface area (Å²) in [7, 11) is 0. The molecule has 21 heavy (non-hydrogen) atoms. The number of aromatic nitrogens is 2. The Hall–Kier alpha value is -1.92. The Balaban J connectivity index is 1.80. The van der Waals surface area contributed by atoms with Crippen molar-refractivity contribution >= 4 is 11.6 Å². The molecule has 1 N–H and O–H groups in total. The monoisotopic (exact) mass is 288 g/mol. The third kappa shape index (κ3) is 2.64. The van der Waals surface area contributed by atoms with Gasteiger partial charge in [-0.3, -0.25) is 14.1 Å². The fourth-order valence-electron chi connectivity index (χ4n) is 2.84. The number of nitrogens with zero attached hydrogens (tertiary/aromatic N) is 4. The Morgan fingerprint density at radius 2 is 2.05 bits per heavy atom. The number of pyridine rings is 1. The lowest BCUT2D eigenvalue weighted by atomic mass is 10.2. The zero-order valence-electron chi connectivity index (χ0n) is 12.2. The minimum absolute atomic E-state index is 0.0369. The number of amides is 1. The van der Waals surface area contributed by atoms with E-state index in [0.717, 1.165) is 24.4 Å². The van der Waals surface area contributed by atoms with Gasteiger partial charge in [-0.2, -0.15) is 0 Å². The molecule has 6 nitrogen and oxygen atoms in total. The van der Waals surface area contributed by atoms with Crippen molar-refractivity contribution in [2.45, 2.75) is 6.92 Å². The maximum absolute atomic E-state index is 12.8. The number of carbonyl (C=O) groups excluding carboxylic acids is 1. The molecule has 112 valence electrons. The molecule has 1 aliphatic rings. The van der Waals surface area contributed by atoms with E-state index in [1.807, 2.05) is 40.6 Å². The van der Waals surface area contributed by atoms with Gasteiger partial charge in [-0.15, -0.1) is 0 Å². The highest BCUT2D eigenvalue weighted by molar-refractivity contribution is 5.94. The van der Waals surface area contributed by atoms with Crippen molar-refractivity contribution in [3.63, 3.8) is 0 Å². The van der Waals surface area contributed by atoms with Crippen molar-refractivity contribution in [3.8, 4) is 0 Å². The van der Waals surface area contributed by atoms with Crippen LogP contribution in [0.5, 0.6) is 0 Å². The van der Waals surface area contributed by atoms with Gasteiger partial charge in [0.25, 0.3) is 5.91 Å². The number of β-amino-alcohol motifs (C(OH)–C–C–N with tert-alkyl or cyclic N) is 1. The van der Waals surface area contributed by atoms with Gasteiger partial charge in [-0.05, 0) is 19.1 Å². The van der Waals surface area contributed by atoms with Gasteiger partial charge in [0.15, 0.2) is 0 Å². The minimum Gasteiger partial charge on any atom is -0.395 e. The van der Waals surface area contributed by atoms with E-state index in [4.69, 9.17) is 5.11 Å². The van der Waals surface area contributed by atoms with Gasteiger partial charge in [0.05, 0.1) is 12.3 Å². The molecule has 1 fully saturated rings. The van der Waals surface area contributed by atoms with Crippen LogP contribution in [0.1, 0.15) is 16.2 Å². The first-order valence-corrected chi connectivity index (χ1v) is 7.27. The van der Waals surface area contributed by atoms with Gasteiger partial charge in [0.1, 0.15) is 11.3 Å². The number of fused-ring (bicyclic) bond motifs is 1. The largest absolute Gasteiger partial charge is 0.395 e. The molecule has 3 heterocycles. The van der Waals surface area contributed by atoms with Gasteiger partial charge in [0.2, 0.25) is 0 Å². The van der Waals surface area contributed by atoms with Crippen molar-refractivity contribution in [3.05, 3.63) is 35.8 Å². The number of aliphatic hydroxyl groups is 1. The highest BCUT2D eigenvalue weighted by atomic mass is 16.3. The summed E-state index contributed by atoms with van der Waals surface area (Å²) in [5, 5.41) is 8.96. The molecule has 1 aliphatic heterocycles. The molecular weight excluding hydrogens is 268 g/mol. The summed E-state index contributed by atoms with van der Waals surface area (Å²) >= 11 is 0. The number of rotatable bonds is 3. The summed E-state index contributed by atoms with van der Waals surface area (Å²) in [6.45, 7) is 5.72. The molecule has 0 spiro atoms. The van der Waals surface area contributed by atoms with Crippen molar-refractivity contribution < 1.29 is 9.90 Å². The second-order valence-corrected chi connectivity index (χ2v) is 5.33. The third-order valence-electron chi connectivity index (χ3n) is 3.98. The Morgan fingerprint density at radius 3 is 2.76 bits per heavy atom. The summed E-state index contributed by atoms with van der Waals surface area (Å²) in [6, 6.07) is 5.73. The number of carbonyl (C=O) groups is 1. The first-order valence-electron chi connectivity index (χ1n) is 7.27. The number of aliphatic hydroxyl groups excluding tert-OH is 1. The van der Waals surface area contributed by atoms with Crippen molar-refractivity contribution in [2.24, 2.45) is 0 Å². The standard InChI is InChI=1S/C15H20N4O2/c1-12-14(19-5-3-2-4-13(19)16-12)15(21)18-8-6-17(7-9-18)10-11-20/h2-5,20H,6-11H2,1H3. The molecule has 0 radical (unpaired) electrons. The molecule has 0 unspecified atom stereocenters. The van der Waals surface area contributed by atoms with Crippen molar-refractivity contribution in [2.75, 3.05) is 39.3 Å². The van der Waals surface area contributed by atoms with E-state index in [1.165, 1.54) is 0 Å². The maximum Gasteiger partial charge on any atom is 0.272 e. The molecule has 1 amide bonds. The molecule has 0 aliphatic carbocycles. The van der Waals surface area contributed by atoms with Gasteiger partial charge in [-0.1, -0.05) is 6.07 Å². The molecule has 0 bridgehead atoms. The van der Waals surface area contributed by atoms with E-state index >= 15 is 0 Å². The molecule has 1 saturated heterocycles. The Labute approximate surface area is 123 Å². The summed E-state index contributed by atoms with van der Waals surface area (Å²) in [6.07, 6.45) is 1.88. The predicted octanol–water partition coefficient (Wildman–Crippen LogP) is 0.393. The number of piperazine rings is 1. The smallest absolute Gasteiger partial charge is 0.272 e. The van der Waals surface area contributed by atoms with Crippen LogP contribution in [0.2, 0.25) is 0 Å². The van der Waals surface area contributed by atoms with E-state index in [0.29, 0.717) is 25.3 Å². The topological polar surface area (TPSA) is 61.1 Å². The molecule has 0 atom stereocenters. The number of aryl methyl sites for hydroxylation is 1. The van der Waals surface area contributed by atoms with Crippen LogP contribution in [0.25, 0.3) is 5.65 Å². The van der Waals surface area contributed by atoms with Gasteiger partial charge in [0, 0.05) is 38.9 Å². The second-order valence-electron chi connectivity index (χ2n) is 5.33. The summed E-state index contributed by atoms with van der Waals surface area (Å²) in [5.41, 5.74) is 2.22. The van der Waals surface area contributed by atoms with Gasteiger partial charge < -0.3 is 10.0 Å². The molecule has 0 aromatic carbocycles. The zero-order valence-corrected chi connectivity index (χ0v) is 12.2. The lowest BCUT2D eigenvalue weighted by Crippen LogP contribution is -2.49. The molecule has 3 rings (SSSR count). The van der Waals surface area contributed by atoms with E-state index in [2.05, 4.69) is 9.88 Å². The van der Waals surface area contributed by atoms with Gasteiger partial charge in [-0.25, -0.2) is 4.98 Å². The van der Waals surface area contributed by atoms with Crippen LogP contribution >= 0.6 is 0 Å². The minimum atomic E-state index is 0.0369. The van der Waals surface area contributed by atoms with Crippen LogP contribution in [0.3, 0.4) is 0 Å². The van der Waals surface area contributed by atoms with Crippen molar-refractivity contribution in [1.29, 1.82) is 0 Å². The fraction of sp³-hybridized carbons (Fsp3) is 0.467. The number of imidazole rings is 1. The maximum atomic E-state index is 12.8. The summed E-state index contributed by atoms with van der Waals surface area (Å²) in [5.74, 6) is 0.0369. The average molecular weight is 288 g/mol. The quantitative estimate of drug-likeness (QED) is 0.888. The first kappa shape index (κ1) is 14.0. The Morgan fingerprint density at radius 1 is 1.29 bits per heavy atom. The average Bonchev–Trinajstić information content (AvgIpc) is 2.83. The first-order chi connectivity index (χ1) is 10.2. The van der Waals surface area contributed by atoms with Crippen LogP contribution in [0, 0.1) is 6.92 Å². The third-order valence-corrected chi connectivity index (χ3v) is 3.98. The molecule has 0 saturated carbocycles. The lowest BCUT2D eigenvalue weighted by molar-refractivity contribution is 0.0607. The van der Waals surface area contributed by atoms with Crippen LogP contribution in [-0.4, -0.2) is 69.5 Å². The highest BCUT2D eigenvalue weighted by Gasteiger charge is 2.25. The summed E-state index contributed by atoms with van der Waals surface area (Å²) < 4.78 is 1.86. The normalized spacial score (nSPS) is 16.6. The van der Waals surface area contributed by atoms with E-state index in [-0.39, 0.29) is 12.5 Å². The highest BCUT2D eigenvalue weighted by Crippen LogP contribution is 2.15. The summed E-state index contributed by atoms with van der Waals surface area (Å²) in [4.78, 5) is 21.2. The lowest BCUT2D eigenvalue weighted by Gasteiger charge is -2.34. The molecular formula is C15H20N4O2. The fourth-order valence-corrected chi connectivity index (χ4v) is 2.84. The molecule has 2 aromatic rings. The van der Waals surface area contributed by atoms with E-state index in [9.17, 15) is 4.79 Å². The predicted molar refractivity (Wildman–Crippen MR) is 79.4 cm³/mol.